The van der Waals surface area contributed by atoms with Gasteiger partial charge in [-0.3, -0.25) is 0 Å². The molecule has 0 aliphatic carbocycles. The molecular formula is C5H11NO3S. The van der Waals surface area contributed by atoms with E-state index in [0.29, 0.717) is 0 Å². The number of sulfone groups is 1. The lowest BCUT2D eigenvalue weighted by Crippen LogP contribution is -2.32. The molecular weight excluding hydrogens is 154 g/mol. The molecule has 0 spiro atoms. The van der Waals surface area contributed by atoms with Crippen LogP contribution in [-0.4, -0.2) is 30.8 Å². The summed E-state index contributed by atoms with van der Waals surface area (Å²) in [5.41, 5.74) is 0. The van der Waals surface area contributed by atoms with Gasteiger partial charge >= 0.3 is 0 Å². The number of hydrogen-bond acceptors (Lipinski definition) is 4. The van der Waals surface area contributed by atoms with E-state index in [9.17, 15) is 8.42 Å². The van der Waals surface area contributed by atoms with E-state index in [1.165, 1.54) is 13.8 Å². The number of nitrogens with zero attached hydrogens (tertiary/aromatic N) is 1. The van der Waals surface area contributed by atoms with Crippen LogP contribution in [0.25, 0.3) is 0 Å². The lowest BCUT2D eigenvalue weighted by Gasteiger charge is -2.14. The monoisotopic (exact) mass is 165 g/mol. The summed E-state index contributed by atoms with van der Waals surface area (Å²) in [5.74, 6) is 0. The van der Waals surface area contributed by atoms with Crippen molar-refractivity contribution in [1.29, 1.82) is 0 Å². The Morgan fingerprint density at radius 1 is 1.50 bits per heavy atom. The molecule has 0 aromatic rings. The van der Waals surface area contributed by atoms with Gasteiger partial charge in [0.2, 0.25) is 0 Å². The Balaban J connectivity index is 4.76. The van der Waals surface area contributed by atoms with Gasteiger partial charge in [0.15, 0.2) is 9.84 Å². The predicted octanol–water partition coefficient (Wildman–Crippen LogP) is 0.270. The van der Waals surface area contributed by atoms with Gasteiger partial charge in [-0.05, 0) is 13.8 Å². The zero-order chi connectivity index (χ0) is 8.41. The molecule has 0 aromatic carbocycles. The normalized spacial score (nSPS) is 14.3. The molecule has 0 saturated heterocycles. The van der Waals surface area contributed by atoms with Gasteiger partial charge in [0.1, 0.15) is 4.75 Å². The van der Waals surface area contributed by atoms with E-state index < -0.39 is 14.6 Å². The Morgan fingerprint density at radius 2 is 1.90 bits per heavy atom. The molecule has 0 radical (unpaired) electrons. The Labute approximate surface area is 60.5 Å². The highest BCUT2D eigenvalue weighted by Crippen LogP contribution is 2.10. The molecule has 60 valence electrons. The summed E-state index contributed by atoms with van der Waals surface area (Å²) in [6, 6.07) is 0. The van der Waals surface area contributed by atoms with E-state index in [4.69, 9.17) is 5.21 Å². The Morgan fingerprint density at radius 3 is 2.00 bits per heavy atom. The second kappa shape index (κ2) is 2.57. The lowest BCUT2D eigenvalue weighted by molar-refractivity contribution is 0.319. The van der Waals surface area contributed by atoms with E-state index in [1.54, 1.807) is 0 Å². The molecule has 0 bridgehead atoms. The van der Waals surface area contributed by atoms with Crippen LogP contribution in [0.4, 0.5) is 0 Å². The minimum Gasteiger partial charge on any atom is -0.411 e. The van der Waals surface area contributed by atoms with Crippen molar-refractivity contribution in [3.63, 3.8) is 0 Å². The highest BCUT2D eigenvalue weighted by Gasteiger charge is 2.27. The Bertz CT molecular complexity index is 227. The van der Waals surface area contributed by atoms with Gasteiger partial charge < -0.3 is 5.21 Å². The zero-order valence-electron chi connectivity index (χ0n) is 6.20. The Kier molecular flexibility index (Phi) is 2.42. The van der Waals surface area contributed by atoms with Gasteiger partial charge in [0.25, 0.3) is 0 Å². The smallest absolute Gasteiger partial charge is 0.157 e. The van der Waals surface area contributed by atoms with Crippen LogP contribution in [0, 0.1) is 0 Å². The first-order chi connectivity index (χ1) is 4.31. The summed E-state index contributed by atoms with van der Waals surface area (Å²) in [5, 5.41) is 10.7. The highest BCUT2D eigenvalue weighted by molar-refractivity contribution is 7.92. The fourth-order valence-electron chi connectivity index (χ4n) is 0.235. The maximum absolute atomic E-state index is 10.8. The lowest BCUT2D eigenvalue weighted by atomic mass is 10.2. The maximum Gasteiger partial charge on any atom is 0.157 e. The maximum atomic E-state index is 10.8. The van der Waals surface area contributed by atoms with Gasteiger partial charge in [-0.2, -0.15) is 0 Å². The average Bonchev–Trinajstić information content (AvgIpc) is 1.61. The van der Waals surface area contributed by atoms with Crippen LogP contribution in [0.3, 0.4) is 0 Å². The van der Waals surface area contributed by atoms with Gasteiger partial charge in [0.05, 0.1) is 6.21 Å². The van der Waals surface area contributed by atoms with E-state index in [-0.39, 0.29) is 0 Å². The molecule has 0 amide bonds. The zero-order valence-corrected chi connectivity index (χ0v) is 7.01. The van der Waals surface area contributed by atoms with Crippen LogP contribution < -0.4 is 0 Å². The number of hydrogen-bond donors (Lipinski definition) is 1. The molecule has 4 nitrogen and oxygen atoms in total. The summed E-state index contributed by atoms with van der Waals surface area (Å²) in [6.07, 6.45) is 2.08. The first kappa shape index (κ1) is 9.42. The Hall–Kier alpha value is -0.580. The summed E-state index contributed by atoms with van der Waals surface area (Å²) in [4.78, 5) is 0. The highest BCUT2D eigenvalue weighted by atomic mass is 32.2. The average molecular weight is 165 g/mol. The van der Waals surface area contributed by atoms with E-state index in [1.807, 2.05) is 0 Å². The first-order valence-corrected chi connectivity index (χ1v) is 4.58. The van der Waals surface area contributed by atoms with Crippen molar-refractivity contribution >= 4 is 16.1 Å². The summed E-state index contributed by atoms with van der Waals surface area (Å²) >= 11 is 0. The SMILES string of the molecule is CC(C)(/C=N\O)S(C)(=O)=O. The third kappa shape index (κ3) is 1.98. The van der Waals surface area contributed by atoms with Crippen LogP contribution >= 0.6 is 0 Å². The minimum absolute atomic E-state index is 0.988. The largest absolute Gasteiger partial charge is 0.411 e. The fraction of sp³-hybridized carbons (Fsp3) is 0.800. The van der Waals surface area contributed by atoms with Crippen molar-refractivity contribution in [3.05, 3.63) is 0 Å². The third-order valence-corrected chi connectivity index (χ3v) is 3.34. The van der Waals surface area contributed by atoms with Crippen LogP contribution in [0.1, 0.15) is 13.8 Å². The van der Waals surface area contributed by atoms with Crippen molar-refractivity contribution in [2.45, 2.75) is 18.6 Å². The second-order valence-electron chi connectivity index (χ2n) is 2.62. The topological polar surface area (TPSA) is 66.7 Å². The van der Waals surface area contributed by atoms with Crippen molar-refractivity contribution in [2.24, 2.45) is 5.16 Å². The van der Waals surface area contributed by atoms with Gasteiger partial charge in [-0.15, -0.1) is 5.16 Å². The van der Waals surface area contributed by atoms with Crippen LogP contribution in [0.2, 0.25) is 0 Å². The molecule has 5 heteroatoms. The van der Waals surface area contributed by atoms with E-state index in [2.05, 4.69) is 5.16 Å². The van der Waals surface area contributed by atoms with E-state index in [0.717, 1.165) is 12.5 Å². The third-order valence-electron chi connectivity index (χ3n) is 1.32. The van der Waals surface area contributed by atoms with Crippen LogP contribution in [0.5, 0.6) is 0 Å². The van der Waals surface area contributed by atoms with Gasteiger partial charge in [0, 0.05) is 6.26 Å². The molecule has 0 heterocycles. The molecule has 0 aliphatic heterocycles. The minimum atomic E-state index is -3.17. The van der Waals surface area contributed by atoms with Crippen molar-refractivity contribution < 1.29 is 13.6 Å². The van der Waals surface area contributed by atoms with E-state index >= 15 is 0 Å². The summed E-state index contributed by atoms with van der Waals surface area (Å²) in [6.45, 7) is 2.92. The number of oxime groups is 1. The molecule has 0 aromatic heterocycles. The van der Waals surface area contributed by atoms with Crippen molar-refractivity contribution in [1.82, 2.24) is 0 Å². The molecule has 0 unspecified atom stereocenters. The molecule has 10 heavy (non-hydrogen) atoms. The van der Waals surface area contributed by atoms with Crippen molar-refractivity contribution in [3.8, 4) is 0 Å². The van der Waals surface area contributed by atoms with Crippen LogP contribution in [0.15, 0.2) is 5.16 Å². The van der Waals surface area contributed by atoms with Crippen LogP contribution in [-0.2, 0) is 9.84 Å². The molecule has 0 saturated carbocycles. The second-order valence-corrected chi connectivity index (χ2v) is 5.22. The summed E-state index contributed by atoms with van der Waals surface area (Å²) in [7, 11) is -3.17. The number of rotatable bonds is 2. The van der Waals surface area contributed by atoms with Gasteiger partial charge in [-0.1, -0.05) is 0 Å². The first-order valence-electron chi connectivity index (χ1n) is 2.69. The molecule has 0 rings (SSSR count). The van der Waals surface area contributed by atoms with Gasteiger partial charge in [-0.25, -0.2) is 8.42 Å². The molecule has 0 fully saturated rings. The fourth-order valence-corrected chi connectivity index (χ4v) is 0.473. The quantitative estimate of drug-likeness (QED) is 0.363. The van der Waals surface area contributed by atoms with Crippen molar-refractivity contribution in [2.75, 3.05) is 6.26 Å². The predicted molar refractivity (Wildman–Crippen MR) is 39.2 cm³/mol. The molecule has 0 atom stereocenters. The standard InChI is InChI=1S/C5H11NO3S/c1-5(2,4-6-7)10(3,8)9/h4,7H,1-3H3/b6-4-. The molecule has 0 aliphatic rings. The molecule has 1 N–H and O–H groups in total. The summed E-state index contributed by atoms with van der Waals surface area (Å²) < 4.78 is 20.6.